The fourth-order valence-electron chi connectivity index (χ4n) is 3.89. The molecule has 1 saturated carbocycles. The minimum atomic E-state index is -1.40. The fraction of sp³-hybridized carbons (Fsp3) is 0.167. The van der Waals surface area contributed by atoms with Gasteiger partial charge < -0.3 is 11.1 Å². The van der Waals surface area contributed by atoms with Crippen LogP contribution in [0.1, 0.15) is 27.4 Å². The molecule has 35 heavy (non-hydrogen) atoms. The monoisotopic (exact) mass is 576 g/mol. The van der Waals surface area contributed by atoms with Crippen LogP contribution < -0.4 is 11.1 Å². The van der Waals surface area contributed by atoms with Crippen molar-refractivity contribution in [1.29, 1.82) is 0 Å². The Morgan fingerprint density at radius 1 is 0.971 bits per heavy atom. The largest absolute Gasteiger partial charge is 0.396 e. The zero-order valence-electron chi connectivity index (χ0n) is 17.5. The van der Waals surface area contributed by atoms with Gasteiger partial charge in [0.15, 0.2) is 11.6 Å². The molecule has 182 valence electrons. The molecule has 4 rings (SSSR count). The van der Waals surface area contributed by atoms with Crippen LogP contribution in [0.15, 0.2) is 48.5 Å². The molecule has 3 aromatic carbocycles. The number of rotatable bonds is 6. The van der Waals surface area contributed by atoms with Crippen molar-refractivity contribution in [1.82, 2.24) is 0 Å². The van der Waals surface area contributed by atoms with Crippen molar-refractivity contribution >= 4 is 81.1 Å². The van der Waals surface area contributed by atoms with Gasteiger partial charge in [0, 0.05) is 39.2 Å². The second-order valence-corrected chi connectivity index (χ2v) is 10.8. The highest BCUT2D eigenvalue weighted by molar-refractivity contribution is 6.53. The number of benzene rings is 3. The topological polar surface area (TPSA) is 72.2 Å². The Kier molecular flexibility index (Phi) is 7.24. The van der Waals surface area contributed by atoms with Crippen LogP contribution >= 0.6 is 58.0 Å². The molecule has 1 amide bonds. The number of anilines is 2. The zero-order valence-corrected chi connectivity index (χ0v) is 21.3. The second kappa shape index (κ2) is 9.75. The molecule has 1 aliphatic carbocycles. The minimum absolute atomic E-state index is 0.0392. The third-order valence-electron chi connectivity index (χ3n) is 5.67. The molecule has 1 fully saturated rings. The number of nitrogens with one attached hydrogen (secondary N) is 1. The highest BCUT2D eigenvalue weighted by Crippen LogP contribution is 2.65. The maximum atomic E-state index is 14.2. The van der Waals surface area contributed by atoms with E-state index in [4.69, 9.17) is 63.7 Å². The van der Waals surface area contributed by atoms with Crippen molar-refractivity contribution in [2.45, 2.75) is 16.7 Å². The molecular formula is C24H15Cl5F2N2O2. The van der Waals surface area contributed by atoms with E-state index >= 15 is 0 Å². The number of alkyl halides is 2. The first-order valence-corrected chi connectivity index (χ1v) is 12.0. The predicted octanol–water partition coefficient (Wildman–Crippen LogP) is 7.46. The molecule has 0 bridgehead atoms. The Labute approximate surface area is 224 Å². The van der Waals surface area contributed by atoms with Crippen molar-refractivity contribution in [2.24, 2.45) is 5.92 Å². The van der Waals surface area contributed by atoms with E-state index in [1.165, 1.54) is 18.2 Å². The number of amides is 1. The van der Waals surface area contributed by atoms with Crippen LogP contribution in [0.5, 0.6) is 0 Å². The van der Waals surface area contributed by atoms with Gasteiger partial charge in [0.05, 0.1) is 16.6 Å². The maximum absolute atomic E-state index is 14.2. The van der Waals surface area contributed by atoms with Gasteiger partial charge in [-0.3, -0.25) is 9.59 Å². The Balaban J connectivity index is 1.54. The molecule has 0 aromatic heterocycles. The third-order valence-corrected chi connectivity index (χ3v) is 7.37. The number of Topliss-reactive ketones (excluding diaryl/α,β-unsaturated/α-hetero) is 1. The van der Waals surface area contributed by atoms with Gasteiger partial charge >= 0.3 is 0 Å². The number of hydrogen-bond donors (Lipinski definition) is 2. The molecule has 2 atom stereocenters. The summed E-state index contributed by atoms with van der Waals surface area (Å²) in [4.78, 5) is 25.8. The smallest absolute Gasteiger partial charge is 0.231 e. The normalized spacial score (nSPS) is 18.3. The van der Waals surface area contributed by atoms with Gasteiger partial charge in [0.1, 0.15) is 10.2 Å². The van der Waals surface area contributed by atoms with Crippen LogP contribution in [0.2, 0.25) is 15.1 Å². The standard InChI is InChI=1S/C24H15Cl5F2N2O2/c25-11-5-10(6-12(26)7-11)20-21(24(20,28)29)23(35)33-13-1-2-16(27)14(8-13)19(34)9-15-17(30)3-4-18(32)22(15)31/h1-8,20-21H,9,32H2,(H,33,35). The quantitative estimate of drug-likeness (QED) is 0.181. The Bertz CT molecular complexity index is 1350. The Hall–Kier alpha value is -2.09. The summed E-state index contributed by atoms with van der Waals surface area (Å²) in [5, 5.41) is 3.44. The van der Waals surface area contributed by atoms with E-state index in [9.17, 15) is 18.4 Å². The first-order chi connectivity index (χ1) is 16.4. The van der Waals surface area contributed by atoms with E-state index in [2.05, 4.69) is 5.32 Å². The molecule has 3 N–H and O–H groups in total. The van der Waals surface area contributed by atoms with E-state index < -0.39 is 51.5 Å². The average molecular weight is 579 g/mol. The molecular weight excluding hydrogens is 564 g/mol. The van der Waals surface area contributed by atoms with Crippen LogP contribution in [-0.2, 0) is 11.2 Å². The summed E-state index contributed by atoms with van der Waals surface area (Å²) in [5.74, 6) is -4.50. The van der Waals surface area contributed by atoms with E-state index in [0.717, 1.165) is 12.1 Å². The van der Waals surface area contributed by atoms with Crippen LogP contribution in [0.3, 0.4) is 0 Å². The predicted molar refractivity (Wildman–Crippen MR) is 136 cm³/mol. The molecule has 11 heteroatoms. The van der Waals surface area contributed by atoms with Gasteiger partial charge in [-0.05, 0) is 54.1 Å². The Morgan fingerprint density at radius 3 is 2.29 bits per heavy atom. The molecule has 0 aliphatic heterocycles. The number of hydrogen-bond acceptors (Lipinski definition) is 3. The Morgan fingerprint density at radius 2 is 1.63 bits per heavy atom. The van der Waals surface area contributed by atoms with E-state index in [1.54, 1.807) is 18.2 Å². The van der Waals surface area contributed by atoms with Crippen LogP contribution in [0.4, 0.5) is 20.2 Å². The van der Waals surface area contributed by atoms with Crippen LogP contribution in [0.25, 0.3) is 0 Å². The molecule has 4 nitrogen and oxygen atoms in total. The maximum Gasteiger partial charge on any atom is 0.231 e. The number of nitrogens with two attached hydrogens (primary N) is 1. The van der Waals surface area contributed by atoms with Gasteiger partial charge in [-0.15, -0.1) is 23.2 Å². The highest BCUT2D eigenvalue weighted by Gasteiger charge is 2.67. The SMILES string of the molecule is Nc1ccc(F)c(CC(=O)c2cc(NC(=O)C3C(c4cc(Cl)cc(Cl)c4)C3(Cl)Cl)ccc2Cl)c1F. The van der Waals surface area contributed by atoms with E-state index in [1.807, 2.05) is 0 Å². The lowest BCUT2D eigenvalue weighted by Crippen LogP contribution is -2.17. The summed E-state index contributed by atoms with van der Waals surface area (Å²) in [6.07, 6.45) is -0.619. The molecule has 0 radical (unpaired) electrons. The molecule has 2 unspecified atom stereocenters. The summed E-state index contributed by atoms with van der Waals surface area (Å²) in [6.45, 7) is 0. The zero-order chi connectivity index (χ0) is 25.7. The van der Waals surface area contributed by atoms with E-state index in [-0.39, 0.29) is 22.0 Å². The lowest BCUT2D eigenvalue weighted by atomic mass is 10.0. The van der Waals surface area contributed by atoms with Crippen molar-refractivity contribution < 1.29 is 18.4 Å². The molecule has 0 saturated heterocycles. The molecule has 1 aliphatic rings. The summed E-state index contributed by atoms with van der Waals surface area (Å²) in [7, 11) is 0. The van der Waals surface area contributed by atoms with Gasteiger partial charge in [-0.25, -0.2) is 8.78 Å². The van der Waals surface area contributed by atoms with Crippen molar-refractivity contribution in [3.05, 3.63) is 91.9 Å². The summed E-state index contributed by atoms with van der Waals surface area (Å²) >= 11 is 31.0. The number of carbonyl (C=O) groups excluding carboxylic acids is 2. The van der Waals surface area contributed by atoms with Gasteiger partial charge in [-0.1, -0.05) is 34.8 Å². The number of carbonyl (C=O) groups is 2. The summed E-state index contributed by atoms with van der Waals surface area (Å²) in [5.41, 5.74) is 5.50. The lowest BCUT2D eigenvalue weighted by Gasteiger charge is -2.10. The molecule has 3 aromatic rings. The summed E-state index contributed by atoms with van der Waals surface area (Å²) in [6, 6.07) is 11.0. The molecule has 0 heterocycles. The highest BCUT2D eigenvalue weighted by atomic mass is 35.5. The van der Waals surface area contributed by atoms with Crippen LogP contribution in [-0.4, -0.2) is 16.0 Å². The minimum Gasteiger partial charge on any atom is -0.396 e. The number of halogens is 7. The van der Waals surface area contributed by atoms with Crippen molar-refractivity contribution in [2.75, 3.05) is 11.1 Å². The fourth-order valence-corrected chi connectivity index (χ4v) is 5.49. The first-order valence-electron chi connectivity index (χ1n) is 10.1. The van der Waals surface area contributed by atoms with Crippen LogP contribution in [0, 0.1) is 17.6 Å². The number of nitrogen functional groups attached to an aromatic ring is 1. The molecule has 0 spiro atoms. The average Bonchev–Trinajstić information content (AvgIpc) is 3.36. The number of ketones is 1. The van der Waals surface area contributed by atoms with Crippen molar-refractivity contribution in [3.63, 3.8) is 0 Å². The second-order valence-electron chi connectivity index (χ2n) is 8.05. The third kappa shape index (κ3) is 5.23. The lowest BCUT2D eigenvalue weighted by molar-refractivity contribution is -0.117. The van der Waals surface area contributed by atoms with Crippen molar-refractivity contribution in [3.8, 4) is 0 Å². The van der Waals surface area contributed by atoms with Gasteiger partial charge in [0.2, 0.25) is 5.91 Å². The van der Waals surface area contributed by atoms with E-state index in [0.29, 0.717) is 15.6 Å². The summed E-state index contributed by atoms with van der Waals surface area (Å²) < 4.78 is 26.9. The van der Waals surface area contributed by atoms with Gasteiger partial charge in [0.25, 0.3) is 0 Å². The van der Waals surface area contributed by atoms with Gasteiger partial charge in [-0.2, -0.15) is 0 Å². The first kappa shape index (κ1) is 26.0.